The molecule has 0 bridgehead atoms. The van der Waals surface area contributed by atoms with Crippen molar-refractivity contribution in [1.82, 2.24) is 5.32 Å². The van der Waals surface area contributed by atoms with Crippen molar-refractivity contribution in [2.24, 2.45) is 16.2 Å². The van der Waals surface area contributed by atoms with Gasteiger partial charge in [0.25, 0.3) is 0 Å². The van der Waals surface area contributed by atoms with Gasteiger partial charge in [-0.25, -0.2) is 0 Å². The van der Waals surface area contributed by atoms with Crippen molar-refractivity contribution in [2.75, 3.05) is 54.3 Å². The number of Topliss-reactive ketones (excluding diaryl/α,β-unsaturated/α-hetero) is 1. The molecule has 0 fully saturated rings. The van der Waals surface area contributed by atoms with Crippen molar-refractivity contribution in [3.05, 3.63) is 0 Å². The molecule has 0 rings (SSSR count). The molecule has 1 N–H and O–H groups in total. The first-order chi connectivity index (χ1) is 14.4. The van der Waals surface area contributed by atoms with Gasteiger partial charge >= 0.3 is 5.97 Å². The Hall–Kier alpha value is -1.51. The van der Waals surface area contributed by atoms with E-state index < -0.39 is 5.41 Å². The highest BCUT2D eigenvalue weighted by atomic mass is 16.6. The minimum absolute atomic E-state index is 0.0644. The number of ketones is 1. The van der Waals surface area contributed by atoms with Gasteiger partial charge in [0.1, 0.15) is 12.4 Å². The second kappa shape index (κ2) is 18.0. The zero-order valence-corrected chi connectivity index (χ0v) is 22.6. The molecule has 0 aromatic rings. The Morgan fingerprint density at radius 3 is 1.44 bits per heavy atom. The highest BCUT2D eigenvalue weighted by Gasteiger charge is 2.22. The summed E-state index contributed by atoms with van der Waals surface area (Å²) in [6.45, 7) is 19.4. The third-order valence-corrected chi connectivity index (χ3v) is 3.78. The Bertz CT molecular complexity index is 480. The Kier molecular flexibility index (Phi) is 19.7. The van der Waals surface area contributed by atoms with Crippen molar-refractivity contribution in [1.29, 1.82) is 0 Å². The largest absolute Gasteiger partial charge is 0.463 e. The third kappa shape index (κ3) is 23.2. The number of amides is 1. The highest BCUT2D eigenvalue weighted by Crippen LogP contribution is 2.16. The molecule has 0 saturated heterocycles. The van der Waals surface area contributed by atoms with Crippen molar-refractivity contribution in [3.8, 4) is 0 Å². The molecule has 8 heteroatoms. The summed E-state index contributed by atoms with van der Waals surface area (Å²) in [7, 11) is 4.80. The predicted molar refractivity (Wildman–Crippen MR) is 128 cm³/mol. The summed E-state index contributed by atoms with van der Waals surface area (Å²) in [6, 6.07) is 0. The Balaban J connectivity index is -0.000000395. The summed E-state index contributed by atoms with van der Waals surface area (Å²) in [5, 5.41) is 2.76. The van der Waals surface area contributed by atoms with Crippen LogP contribution in [0.25, 0.3) is 0 Å². The average Bonchev–Trinajstić information content (AvgIpc) is 2.65. The van der Waals surface area contributed by atoms with E-state index in [2.05, 4.69) is 5.32 Å². The van der Waals surface area contributed by atoms with Crippen LogP contribution in [0.5, 0.6) is 0 Å². The number of carbonyl (C=O) groups excluding carboxylic acids is 3. The number of rotatable bonds is 9. The van der Waals surface area contributed by atoms with E-state index in [9.17, 15) is 14.4 Å². The quantitative estimate of drug-likeness (QED) is 0.411. The molecule has 0 saturated carbocycles. The standard InChI is InChI=1S/C8H17NO2.C8H16O3.C8H16O2/c1-8(2,3)7(10)9-5-6-11-4;1-8(2,3)7(9)11-6-5-10-4;1-8(2,3)7(9)5-6-10-4/h5-6H2,1-4H3,(H,9,10);5-6H2,1-4H3;5-6H2,1-4H3. The number of methoxy groups -OCH3 is 3. The Morgan fingerprint density at radius 1 is 0.625 bits per heavy atom. The van der Waals surface area contributed by atoms with Crippen LogP contribution in [0.1, 0.15) is 68.7 Å². The molecule has 0 heterocycles. The van der Waals surface area contributed by atoms with E-state index in [1.807, 2.05) is 62.3 Å². The summed E-state index contributed by atoms with van der Waals surface area (Å²) in [5.41, 5.74) is -0.917. The molecular formula is C24H49NO7. The number of ether oxygens (including phenoxy) is 4. The van der Waals surface area contributed by atoms with Crippen LogP contribution >= 0.6 is 0 Å². The highest BCUT2D eigenvalue weighted by molar-refractivity contribution is 5.83. The lowest BCUT2D eigenvalue weighted by atomic mass is 9.89. The molecule has 0 radical (unpaired) electrons. The molecule has 1 amide bonds. The summed E-state index contributed by atoms with van der Waals surface area (Å²) < 4.78 is 19.2. The van der Waals surface area contributed by atoms with E-state index in [4.69, 9.17) is 18.9 Å². The second-order valence-electron chi connectivity index (χ2n) is 10.3. The Labute approximate surface area is 196 Å². The van der Waals surface area contributed by atoms with E-state index in [0.29, 0.717) is 39.4 Å². The van der Waals surface area contributed by atoms with E-state index in [1.165, 1.54) is 0 Å². The molecule has 0 aromatic heterocycles. The fourth-order valence-electron chi connectivity index (χ4n) is 1.54. The van der Waals surface area contributed by atoms with Gasteiger partial charge in [0.05, 0.1) is 25.2 Å². The predicted octanol–water partition coefficient (Wildman–Crippen LogP) is 3.66. The van der Waals surface area contributed by atoms with Gasteiger partial charge in [0.2, 0.25) is 5.91 Å². The molecule has 0 aliphatic carbocycles. The maximum atomic E-state index is 11.2. The van der Waals surface area contributed by atoms with E-state index in [-0.39, 0.29) is 28.5 Å². The molecule has 0 aromatic carbocycles. The molecule has 0 atom stereocenters. The average molecular weight is 464 g/mol. The zero-order valence-electron chi connectivity index (χ0n) is 22.6. The van der Waals surface area contributed by atoms with Gasteiger partial charge in [-0.3, -0.25) is 14.4 Å². The summed E-state index contributed by atoms with van der Waals surface area (Å²) in [6.07, 6.45) is 0.528. The SMILES string of the molecule is COCCC(=O)C(C)(C)C.COCCNC(=O)C(C)(C)C.COCCOC(=O)C(C)(C)C. The first-order valence-corrected chi connectivity index (χ1v) is 10.9. The van der Waals surface area contributed by atoms with Crippen molar-refractivity contribution in [3.63, 3.8) is 0 Å². The first kappa shape index (κ1) is 35.1. The Morgan fingerprint density at radius 2 is 1.09 bits per heavy atom. The van der Waals surface area contributed by atoms with Crippen LogP contribution in [0, 0.1) is 16.2 Å². The molecular weight excluding hydrogens is 414 g/mol. The maximum absolute atomic E-state index is 11.2. The smallest absolute Gasteiger partial charge is 0.311 e. The van der Waals surface area contributed by atoms with Gasteiger partial charge in [0, 0.05) is 45.1 Å². The van der Waals surface area contributed by atoms with Gasteiger partial charge in [-0.2, -0.15) is 0 Å². The van der Waals surface area contributed by atoms with Gasteiger partial charge in [-0.15, -0.1) is 0 Å². The summed E-state index contributed by atoms with van der Waals surface area (Å²) >= 11 is 0. The van der Waals surface area contributed by atoms with Crippen LogP contribution in [0.2, 0.25) is 0 Å². The lowest BCUT2D eigenvalue weighted by molar-refractivity contribution is -0.154. The molecule has 32 heavy (non-hydrogen) atoms. The van der Waals surface area contributed by atoms with Crippen LogP contribution in [0.15, 0.2) is 0 Å². The molecule has 8 nitrogen and oxygen atoms in total. The van der Waals surface area contributed by atoms with Gasteiger partial charge in [0.15, 0.2) is 0 Å². The van der Waals surface area contributed by atoms with Gasteiger partial charge < -0.3 is 24.3 Å². The number of carbonyl (C=O) groups is 3. The first-order valence-electron chi connectivity index (χ1n) is 10.9. The molecule has 0 aliphatic rings. The van der Waals surface area contributed by atoms with Crippen LogP contribution in [-0.4, -0.2) is 72.0 Å². The van der Waals surface area contributed by atoms with Crippen LogP contribution in [-0.2, 0) is 33.3 Å². The van der Waals surface area contributed by atoms with Crippen molar-refractivity contribution < 1.29 is 33.3 Å². The number of hydrogen-bond acceptors (Lipinski definition) is 7. The van der Waals surface area contributed by atoms with Gasteiger partial charge in [-0.05, 0) is 20.8 Å². The molecule has 0 unspecified atom stereocenters. The van der Waals surface area contributed by atoms with Crippen LogP contribution in [0.4, 0.5) is 0 Å². The number of hydrogen-bond donors (Lipinski definition) is 1. The van der Waals surface area contributed by atoms with E-state index >= 15 is 0 Å². The normalized spacial score (nSPS) is 11.4. The van der Waals surface area contributed by atoms with Crippen LogP contribution in [0.3, 0.4) is 0 Å². The van der Waals surface area contributed by atoms with Crippen molar-refractivity contribution >= 4 is 17.7 Å². The molecule has 0 spiro atoms. The van der Waals surface area contributed by atoms with E-state index in [0.717, 1.165) is 0 Å². The minimum atomic E-state index is -0.409. The number of esters is 1. The lowest BCUT2D eigenvalue weighted by Gasteiger charge is -2.17. The monoisotopic (exact) mass is 463 g/mol. The number of nitrogens with one attached hydrogen (secondary N) is 1. The lowest BCUT2D eigenvalue weighted by Crippen LogP contribution is -2.36. The molecule has 0 aliphatic heterocycles. The van der Waals surface area contributed by atoms with Gasteiger partial charge in [-0.1, -0.05) is 41.5 Å². The second-order valence-corrected chi connectivity index (χ2v) is 10.3. The molecule has 192 valence electrons. The minimum Gasteiger partial charge on any atom is -0.463 e. The topological polar surface area (TPSA) is 100 Å². The maximum Gasteiger partial charge on any atom is 0.311 e. The van der Waals surface area contributed by atoms with E-state index in [1.54, 1.807) is 21.3 Å². The third-order valence-electron chi connectivity index (χ3n) is 3.78. The van der Waals surface area contributed by atoms with Crippen molar-refractivity contribution in [2.45, 2.75) is 68.7 Å². The van der Waals surface area contributed by atoms with Crippen LogP contribution < -0.4 is 5.32 Å². The summed E-state index contributed by atoms with van der Waals surface area (Å²) in [5.74, 6) is 0.137. The fraction of sp³-hybridized carbons (Fsp3) is 0.875. The zero-order chi connectivity index (χ0) is 26.0. The fourth-order valence-corrected chi connectivity index (χ4v) is 1.54. The summed E-state index contributed by atoms with van der Waals surface area (Å²) in [4.78, 5) is 33.4.